The van der Waals surface area contributed by atoms with Crippen molar-refractivity contribution in [3.05, 3.63) is 66.0 Å². The fourth-order valence-electron chi connectivity index (χ4n) is 2.87. The predicted octanol–water partition coefficient (Wildman–Crippen LogP) is 2.77. The Morgan fingerprint density at radius 3 is 2.46 bits per heavy atom. The molecule has 0 saturated carbocycles. The molecule has 1 aromatic carbocycles. The molecule has 1 aliphatic heterocycles. The molecule has 0 fully saturated rings. The second-order valence-corrected chi connectivity index (χ2v) is 6.16. The van der Waals surface area contributed by atoms with Gasteiger partial charge in [0.2, 0.25) is 0 Å². The van der Waals surface area contributed by atoms with Crippen LogP contribution in [0, 0.1) is 0 Å². The number of amides is 2. The Hall–Kier alpha value is -3.23. The molecule has 28 heavy (non-hydrogen) atoms. The highest BCUT2D eigenvalue weighted by Gasteiger charge is 2.67. The lowest BCUT2D eigenvalue weighted by molar-refractivity contribution is -0.196. The first kappa shape index (κ1) is 19.5. The molecule has 9 heteroatoms. The lowest BCUT2D eigenvalue weighted by atomic mass is 10.1. The van der Waals surface area contributed by atoms with Crippen LogP contribution in [0.1, 0.15) is 29.3 Å². The van der Waals surface area contributed by atoms with Crippen LogP contribution in [0.2, 0.25) is 0 Å². The number of nitrogens with one attached hydrogen (secondary N) is 1. The van der Waals surface area contributed by atoms with E-state index in [0.29, 0.717) is 12.0 Å². The first-order valence-corrected chi connectivity index (χ1v) is 8.56. The molecule has 1 unspecified atom stereocenters. The van der Waals surface area contributed by atoms with Crippen LogP contribution >= 0.6 is 0 Å². The molecule has 1 aliphatic rings. The van der Waals surface area contributed by atoms with E-state index < -0.39 is 23.7 Å². The van der Waals surface area contributed by atoms with Crippen molar-refractivity contribution < 1.29 is 22.8 Å². The zero-order valence-electron chi connectivity index (χ0n) is 14.9. The summed E-state index contributed by atoms with van der Waals surface area (Å²) in [5, 5.41) is 1.80. The maximum atomic E-state index is 14.1. The Morgan fingerprint density at radius 2 is 1.89 bits per heavy atom. The minimum atomic E-state index is -5.13. The number of hydrogen-bond acceptors (Lipinski definition) is 4. The Kier molecular flexibility index (Phi) is 5.17. The van der Waals surface area contributed by atoms with E-state index in [4.69, 9.17) is 0 Å². The molecular weight excluding hydrogens is 373 g/mol. The zero-order chi connectivity index (χ0) is 20.4. The van der Waals surface area contributed by atoms with E-state index in [2.05, 4.69) is 9.98 Å². The number of aliphatic imine (C=N–C) groups is 1. The molecule has 0 aliphatic carbocycles. The number of aromatic nitrogens is 1. The van der Waals surface area contributed by atoms with Crippen molar-refractivity contribution >= 4 is 17.6 Å². The Bertz CT molecular complexity index is 900. The molecule has 2 amide bonds. The molecule has 1 atom stereocenters. The third kappa shape index (κ3) is 3.35. The van der Waals surface area contributed by atoms with Crippen LogP contribution in [-0.2, 0) is 4.79 Å². The van der Waals surface area contributed by atoms with Crippen molar-refractivity contribution in [2.24, 2.45) is 4.99 Å². The summed E-state index contributed by atoms with van der Waals surface area (Å²) in [6.45, 7) is 1.77. The summed E-state index contributed by atoms with van der Waals surface area (Å²) in [7, 11) is 0. The monoisotopic (exact) mass is 390 g/mol. The fraction of sp³-hybridized carbons (Fsp3) is 0.263. The molecular formula is C19H17F3N4O2. The summed E-state index contributed by atoms with van der Waals surface area (Å²) in [6.07, 6.45) is -2.22. The van der Waals surface area contributed by atoms with Gasteiger partial charge in [0, 0.05) is 24.5 Å². The summed E-state index contributed by atoms with van der Waals surface area (Å²) < 4.78 is 42.2. The molecule has 146 valence electrons. The first-order chi connectivity index (χ1) is 13.3. The van der Waals surface area contributed by atoms with Gasteiger partial charge in [-0.1, -0.05) is 37.3 Å². The molecule has 6 nitrogen and oxygen atoms in total. The highest BCUT2D eigenvalue weighted by atomic mass is 19.4. The van der Waals surface area contributed by atoms with Crippen molar-refractivity contribution in [1.82, 2.24) is 15.2 Å². The number of carbonyl (C=O) groups is 2. The topological polar surface area (TPSA) is 74.7 Å². The minimum absolute atomic E-state index is 0.0349. The summed E-state index contributed by atoms with van der Waals surface area (Å²) >= 11 is 0. The molecule has 2 heterocycles. The average molecular weight is 390 g/mol. The molecule has 3 rings (SSSR count). The van der Waals surface area contributed by atoms with Crippen LogP contribution in [0.5, 0.6) is 0 Å². The van der Waals surface area contributed by atoms with Crippen LogP contribution in [0.25, 0.3) is 0 Å². The quantitative estimate of drug-likeness (QED) is 0.853. The number of carbonyl (C=O) groups excluding carboxylic acids is 2. The second kappa shape index (κ2) is 7.41. The van der Waals surface area contributed by atoms with E-state index >= 15 is 0 Å². The van der Waals surface area contributed by atoms with Crippen molar-refractivity contribution in [1.29, 1.82) is 0 Å². The van der Waals surface area contributed by atoms with Gasteiger partial charge in [-0.3, -0.25) is 19.5 Å². The Balaban J connectivity index is 2.10. The smallest absolute Gasteiger partial charge is 0.312 e. The molecule has 0 saturated heterocycles. The summed E-state index contributed by atoms with van der Waals surface area (Å²) in [5.41, 5.74) is -3.14. The number of nitrogens with zero attached hydrogens (tertiary/aromatic N) is 3. The molecule has 1 aromatic heterocycles. The molecule has 0 radical (unpaired) electrons. The highest BCUT2D eigenvalue weighted by molar-refractivity contribution is 6.16. The predicted molar refractivity (Wildman–Crippen MR) is 95.5 cm³/mol. The highest BCUT2D eigenvalue weighted by Crippen LogP contribution is 2.38. The van der Waals surface area contributed by atoms with Gasteiger partial charge in [0.05, 0.1) is 5.56 Å². The maximum Gasteiger partial charge on any atom is 0.442 e. The van der Waals surface area contributed by atoms with Crippen molar-refractivity contribution in [2.45, 2.75) is 25.2 Å². The number of pyridine rings is 1. The number of hydrogen-bond donors (Lipinski definition) is 1. The van der Waals surface area contributed by atoms with E-state index in [1.165, 1.54) is 18.3 Å². The second-order valence-electron chi connectivity index (χ2n) is 6.16. The van der Waals surface area contributed by atoms with Crippen molar-refractivity contribution in [3.8, 4) is 0 Å². The summed E-state index contributed by atoms with van der Waals surface area (Å²) in [4.78, 5) is 33.7. The van der Waals surface area contributed by atoms with E-state index in [1.54, 1.807) is 42.6 Å². The largest absolute Gasteiger partial charge is 0.442 e. The van der Waals surface area contributed by atoms with Gasteiger partial charge in [0.1, 0.15) is 5.84 Å². The van der Waals surface area contributed by atoms with Gasteiger partial charge in [-0.15, -0.1) is 0 Å². The number of alkyl halides is 3. The normalized spacial score (nSPS) is 19.5. The molecule has 2 aromatic rings. The van der Waals surface area contributed by atoms with Gasteiger partial charge in [0.25, 0.3) is 11.8 Å². The Morgan fingerprint density at radius 1 is 1.18 bits per heavy atom. The van der Waals surface area contributed by atoms with Gasteiger partial charge in [0.15, 0.2) is 0 Å². The lowest BCUT2D eigenvalue weighted by Gasteiger charge is -2.29. The van der Waals surface area contributed by atoms with Crippen molar-refractivity contribution in [2.75, 3.05) is 6.54 Å². The maximum absolute atomic E-state index is 14.1. The summed E-state index contributed by atoms with van der Waals surface area (Å²) in [6, 6.07) is 10.8. The summed E-state index contributed by atoms with van der Waals surface area (Å²) in [5.74, 6) is -2.55. The average Bonchev–Trinajstić information content (AvgIpc) is 2.97. The van der Waals surface area contributed by atoms with E-state index in [9.17, 15) is 22.8 Å². The number of rotatable bonds is 5. The third-order valence-electron chi connectivity index (χ3n) is 4.19. The van der Waals surface area contributed by atoms with Crippen LogP contribution in [0.4, 0.5) is 13.2 Å². The number of amidine groups is 1. The first-order valence-electron chi connectivity index (χ1n) is 8.56. The van der Waals surface area contributed by atoms with Crippen LogP contribution in [-0.4, -0.2) is 45.9 Å². The van der Waals surface area contributed by atoms with E-state index in [1.807, 2.05) is 0 Å². The minimum Gasteiger partial charge on any atom is -0.312 e. The fourth-order valence-corrected chi connectivity index (χ4v) is 2.87. The third-order valence-corrected chi connectivity index (χ3v) is 4.19. The Labute approximate surface area is 159 Å². The van der Waals surface area contributed by atoms with Crippen LogP contribution in [0.3, 0.4) is 0 Å². The van der Waals surface area contributed by atoms with Crippen molar-refractivity contribution in [3.63, 3.8) is 0 Å². The lowest BCUT2D eigenvalue weighted by Crippen LogP contribution is -2.63. The molecule has 0 spiro atoms. The number of benzene rings is 1. The van der Waals surface area contributed by atoms with E-state index in [0.717, 1.165) is 11.1 Å². The van der Waals surface area contributed by atoms with Gasteiger partial charge in [-0.05, 0) is 18.6 Å². The molecule has 0 bridgehead atoms. The number of halogens is 3. The SMILES string of the molecule is CCCN1C(=O)C(NC(=O)c2cccnc2)(C(F)(F)F)N=C1c1ccccc1. The zero-order valence-corrected chi connectivity index (χ0v) is 14.9. The van der Waals surface area contributed by atoms with Gasteiger partial charge >= 0.3 is 11.8 Å². The molecule has 1 N–H and O–H groups in total. The van der Waals surface area contributed by atoms with Gasteiger partial charge in [-0.2, -0.15) is 13.2 Å². The van der Waals surface area contributed by atoms with Crippen LogP contribution in [0.15, 0.2) is 59.9 Å². The van der Waals surface area contributed by atoms with Gasteiger partial charge in [-0.25, -0.2) is 4.99 Å². The van der Waals surface area contributed by atoms with Crippen LogP contribution < -0.4 is 5.32 Å². The van der Waals surface area contributed by atoms with Gasteiger partial charge < -0.3 is 5.32 Å². The standard InChI is InChI=1S/C19H17F3N4O2/c1-2-11-26-15(13-7-4-3-5-8-13)24-18(17(26)28,19(20,21)22)25-16(27)14-9-6-10-23-12-14/h3-10,12H,2,11H2,1H3,(H,25,27). The van der Waals surface area contributed by atoms with E-state index in [-0.39, 0.29) is 17.9 Å².